The zero-order chi connectivity index (χ0) is 15.7. The fourth-order valence-electron chi connectivity index (χ4n) is 2.91. The molecule has 1 aliphatic rings. The summed E-state index contributed by atoms with van der Waals surface area (Å²) < 4.78 is 0.735. The number of carbonyl (C=O) groups is 1. The first-order valence-electron chi connectivity index (χ1n) is 7.06. The molecule has 3 nitrogen and oxygen atoms in total. The van der Waals surface area contributed by atoms with Crippen molar-refractivity contribution in [2.75, 3.05) is 4.90 Å². The third-order valence-corrected chi connectivity index (χ3v) is 4.58. The van der Waals surface area contributed by atoms with Gasteiger partial charge in [0.2, 0.25) is 0 Å². The number of halogens is 1. The van der Waals surface area contributed by atoms with Crippen LogP contribution in [0.2, 0.25) is 0 Å². The molecule has 22 heavy (non-hydrogen) atoms. The molecule has 1 N–H and O–H groups in total. The quantitative estimate of drug-likeness (QED) is 0.846. The van der Waals surface area contributed by atoms with Gasteiger partial charge >= 0.3 is 0 Å². The highest BCUT2D eigenvalue weighted by atomic mass is 79.9. The van der Waals surface area contributed by atoms with E-state index in [0.717, 1.165) is 15.7 Å². The summed E-state index contributed by atoms with van der Waals surface area (Å²) in [7, 11) is 0. The second-order valence-electron chi connectivity index (χ2n) is 5.36. The molecule has 1 heterocycles. The highest BCUT2D eigenvalue weighted by Gasteiger charge is 2.49. The summed E-state index contributed by atoms with van der Waals surface area (Å²) in [5.41, 5.74) is 0.833. The molecule has 0 saturated heterocycles. The maximum atomic E-state index is 12.8. The number of hydrogen-bond donors (Lipinski definition) is 1. The summed E-state index contributed by atoms with van der Waals surface area (Å²) in [6, 6.07) is 15.3. The number of anilines is 1. The SMILES string of the molecule is C=CCC1(O)C(=O)N(Cc2ccccc2)c2cccc(Br)c21. The third-order valence-electron chi connectivity index (χ3n) is 3.92. The maximum absolute atomic E-state index is 12.8. The molecule has 0 saturated carbocycles. The Morgan fingerprint density at radius 1 is 1.18 bits per heavy atom. The van der Waals surface area contributed by atoms with Crippen molar-refractivity contribution >= 4 is 27.5 Å². The van der Waals surface area contributed by atoms with E-state index in [-0.39, 0.29) is 12.3 Å². The van der Waals surface area contributed by atoms with Gasteiger partial charge in [0.1, 0.15) is 0 Å². The number of nitrogens with zero attached hydrogens (tertiary/aromatic N) is 1. The predicted molar refractivity (Wildman–Crippen MR) is 90.5 cm³/mol. The van der Waals surface area contributed by atoms with Crippen molar-refractivity contribution in [1.29, 1.82) is 0 Å². The van der Waals surface area contributed by atoms with Crippen LogP contribution in [0.15, 0.2) is 65.7 Å². The number of carbonyl (C=O) groups excluding carboxylic acids is 1. The van der Waals surface area contributed by atoms with Gasteiger partial charge < -0.3 is 10.0 Å². The summed E-state index contributed by atoms with van der Waals surface area (Å²) in [6.45, 7) is 4.10. The monoisotopic (exact) mass is 357 g/mol. The van der Waals surface area contributed by atoms with Crippen LogP contribution in [-0.4, -0.2) is 11.0 Å². The van der Waals surface area contributed by atoms with Gasteiger partial charge in [-0.1, -0.05) is 58.4 Å². The Morgan fingerprint density at radius 3 is 2.59 bits per heavy atom. The lowest BCUT2D eigenvalue weighted by Crippen LogP contribution is -2.39. The minimum Gasteiger partial charge on any atom is -0.375 e. The fourth-order valence-corrected chi connectivity index (χ4v) is 3.59. The van der Waals surface area contributed by atoms with Crippen LogP contribution < -0.4 is 4.90 Å². The van der Waals surface area contributed by atoms with E-state index in [9.17, 15) is 9.90 Å². The summed E-state index contributed by atoms with van der Waals surface area (Å²) >= 11 is 3.46. The molecule has 0 bridgehead atoms. The molecule has 1 atom stereocenters. The third kappa shape index (κ3) is 2.28. The minimum atomic E-state index is -1.55. The van der Waals surface area contributed by atoms with E-state index in [2.05, 4.69) is 22.5 Å². The molecular weight excluding hydrogens is 342 g/mol. The first-order valence-corrected chi connectivity index (χ1v) is 7.85. The average Bonchev–Trinajstić information content (AvgIpc) is 2.72. The summed E-state index contributed by atoms with van der Waals surface area (Å²) in [6.07, 6.45) is 1.76. The van der Waals surface area contributed by atoms with Crippen molar-refractivity contribution in [3.63, 3.8) is 0 Å². The van der Waals surface area contributed by atoms with Gasteiger partial charge in [-0.25, -0.2) is 0 Å². The zero-order valence-corrected chi connectivity index (χ0v) is 13.6. The Kier molecular flexibility index (Phi) is 3.89. The van der Waals surface area contributed by atoms with Crippen molar-refractivity contribution in [2.24, 2.45) is 0 Å². The van der Waals surface area contributed by atoms with Crippen LogP contribution in [0.5, 0.6) is 0 Å². The molecule has 1 unspecified atom stereocenters. The Morgan fingerprint density at radius 2 is 1.91 bits per heavy atom. The van der Waals surface area contributed by atoms with Gasteiger partial charge in [0, 0.05) is 16.5 Å². The molecule has 0 aromatic heterocycles. The Hall–Kier alpha value is -1.91. The smallest absolute Gasteiger partial charge is 0.264 e. The lowest BCUT2D eigenvalue weighted by molar-refractivity contribution is -0.135. The lowest BCUT2D eigenvalue weighted by Gasteiger charge is -2.22. The van der Waals surface area contributed by atoms with Crippen LogP contribution in [0, 0.1) is 0 Å². The molecule has 112 valence electrons. The maximum Gasteiger partial charge on any atom is 0.264 e. The van der Waals surface area contributed by atoms with E-state index in [1.807, 2.05) is 48.5 Å². The van der Waals surface area contributed by atoms with Crippen molar-refractivity contribution in [3.05, 3.63) is 76.8 Å². The Bertz CT molecular complexity index is 729. The average molecular weight is 358 g/mol. The second-order valence-corrected chi connectivity index (χ2v) is 6.22. The van der Waals surface area contributed by atoms with Gasteiger partial charge in [0.15, 0.2) is 5.60 Å². The van der Waals surface area contributed by atoms with E-state index < -0.39 is 5.60 Å². The lowest BCUT2D eigenvalue weighted by atomic mass is 9.92. The summed E-state index contributed by atoms with van der Waals surface area (Å²) in [4.78, 5) is 14.5. The predicted octanol–water partition coefficient (Wildman–Crippen LogP) is 3.76. The van der Waals surface area contributed by atoms with Crippen LogP contribution in [0.3, 0.4) is 0 Å². The van der Waals surface area contributed by atoms with E-state index in [1.165, 1.54) is 0 Å². The molecular formula is C18H16BrNO2. The summed E-state index contributed by atoms with van der Waals surface area (Å²) in [5.74, 6) is -0.307. The molecule has 0 fully saturated rings. The van der Waals surface area contributed by atoms with E-state index in [4.69, 9.17) is 0 Å². The van der Waals surface area contributed by atoms with Gasteiger partial charge in [0.05, 0.1) is 12.2 Å². The van der Waals surface area contributed by atoms with Crippen molar-refractivity contribution < 1.29 is 9.90 Å². The number of hydrogen-bond acceptors (Lipinski definition) is 2. The number of fused-ring (bicyclic) bond motifs is 1. The van der Waals surface area contributed by atoms with Gasteiger partial charge in [-0.2, -0.15) is 0 Å². The normalized spacial score (nSPS) is 20.1. The van der Waals surface area contributed by atoms with Gasteiger partial charge in [-0.05, 0) is 17.7 Å². The molecule has 3 rings (SSSR count). The number of aliphatic hydroxyl groups is 1. The largest absolute Gasteiger partial charge is 0.375 e. The molecule has 2 aromatic rings. The minimum absolute atomic E-state index is 0.187. The van der Waals surface area contributed by atoms with Gasteiger partial charge in [-0.15, -0.1) is 6.58 Å². The molecule has 0 spiro atoms. The van der Waals surface area contributed by atoms with Crippen molar-refractivity contribution in [3.8, 4) is 0 Å². The van der Waals surface area contributed by atoms with Crippen molar-refractivity contribution in [2.45, 2.75) is 18.6 Å². The standard InChI is InChI=1S/C18H16BrNO2/c1-2-11-18(22)16-14(19)9-6-10-15(16)20(17(18)21)12-13-7-4-3-5-8-13/h2-10,22H,1,11-12H2. The van der Waals surface area contributed by atoms with Crippen LogP contribution >= 0.6 is 15.9 Å². The zero-order valence-electron chi connectivity index (χ0n) is 12.0. The highest BCUT2D eigenvalue weighted by molar-refractivity contribution is 9.10. The molecule has 4 heteroatoms. The van der Waals surface area contributed by atoms with E-state index >= 15 is 0 Å². The Labute approximate surface area is 138 Å². The van der Waals surface area contributed by atoms with Crippen LogP contribution in [0.4, 0.5) is 5.69 Å². The summed E-state index contributed by atoms with van der Waals surface area (Å²) in [5, 5.41) is 10.9. The first-order chi connectivity index (χ1) is 10.6. The molecule has 1 amide bonds. The number of amides is 1. The molecule has 0 radical (unpaired) electrons. The van der Waals surface area contributed by atoms with Gasteiger partial charge in [0.25, 0.3) is 5.91 Å². The molecule has 0 aliphatic carbocycles. The van der Waals surface area contributed by atoms with Gasteiger partial charge in [-0.3, -0.25) is 4.79 Å². The molecule has 2 aromatic carbocycles. The van der Waals surface area contributed by atoms with Crippen LogP contribution in [-0.2, 0) is 16.9 Å². The Balaban J connectivity index is 2.08. The number of rotatable bonds is 4. The van der Waals surface area contributed by atoms with Crippen molar-refractivity contribution in [1.82, 2.24) is 0 Å². The van der Waals surface area contributed by atoms with Crippen LogP contribution in [0.1, 0.15) is 17.5 Å². The highest BCUT2D eigenvalue weighted by Crippen LogP contribution is 2.46. The topological polar surface area (TPSA) is 40.5 Å². The van der Waals surface area contributed by atoms with Crippen LogP contribution in [0.25, 0.3) is 0 Å². The van der Waals surface area contributed by atoms with E-state index in [1.54, 1.807) is 11.0 Å². The van der Waals surface area contributed by atoms with E-state index in [0.29, 0.717) is 12.1 Å². The number of benzene rings is 2. The fraction of sp³-hybridized carbons (Fsp3) is 0.167. The first kappa shape index (κ1) is 15.0. The second kappa shape index (κ2) is 5.71. The molecule has 1 aliphatic heterocycles.